The van der Waals surface area contributed by atoms with Gasteiger partial charge in [0.25, 0.3) is 0 Å². The highest BCUT2D eigenvalue weighted by Gasteiger charge is 2.37. The minimum Gasteiger partial charge on any atom is -0.309 e. The molecule has 0 radical (unpaired) electrons. The Labute approximate surface area is 554 Å². The Morgan fingerprint density at radius 1 is 0.306 bits per heavy atom. The third kappa shape index (κ3) is 10.3. The van der Waals surface area contributed by atoms with E-state index < -0.39 is 35.2 Å². The minimum atomic E-state index is -4.82. The third-order valence-electron chi connectivity index (χ3n) is 18.3. The number of nitriles is 1. The van der Waals surface area contributed by atoms with Crippen molar-refractivity contribution in [2.75, 3.05) is 0 Å². The maximum absolute atomic E-state index is 15.1. The number of rotatable bonds is 6. The van der Waals surface area contributed by atoms with E-state index in [1.807, 2.05) is 170 Å². The second-order valence-corrected chi connectivity index (χ2v) is 24.6. The number of aromatic nitrogens is 4. The SMILES string of the molecule is [C-]#[N+]c1cc(-c2c(-n3c4ccccc4c4cc(C)ccc43)cc(C#N)cc2-n2c3ccccc3c3cc(C)ccc32)cc(C(F)(F)F)c1.[C-]#[N+]c1cc(-c2c(-n3c4ccccc4c4cc(C)ccc43)cc(C(F)(F)F)cc2-n2c3ccccc3c3cc(C)ccc32)cc(C(F)(F)F)c1. The summed E-state index contributed by atoms with van der Waals surface area (Å²) >= 11 is 0. The quantitative estimate of drug-likeness (QED) is 0.121. The van der Waals surface area contributed by atoms with Gasteiger partial charge in [-0.3, -0.25) is 0 Å². The monoisotopic (exact) mass is 1300 g/mol. The largest absolute Gasteiger partial charge is 0.416 e. The van der Waals surface area contributed by atoms with Crippen LogP contribution >= 0.6 is 0 Å². The van der Waals surface area contributed by atoms with E-state index in [-0.39, 0.29) is 39.4 Å². The first-order chi connectivity index (χ1) is 47.0. The molecule has 0 fully saturated rings. The van der Waals surface area contributed by atoms with E-state index in [0.29, 0.717) is 44.6 Å². The highest BCUT2D eigenvalue weighted by atomic mass is 19.4. The van der Waals surface area contributed by atoms with Gasteiger partial charge in [0.1, 0.15) is 0 Å². The van der Waals surface area contributed by atoms with Gasteiger partial charge in [0.15, 0.2) is 11.4 Å². The van der Waals surface area contributed by atoms with Gasteiger partial charge in [-0.1, -0.05) is 119 Å². The van der Waals surface area contributed by atoms with Crippen molar-refractivity contribution in [2.24, 2.45) is 0 Å². The first kappa shape index (κ1) is 61.8. The van der Waals surface area contributed by atoms with Crippen LogP contribution in [0.1, 0.15) is 44.5 Å². The van der Waals surface area contributed by atoms with Crippen LogP contribution in [0.3, 0.4) is 0 Å². The summed E-state index contributed by atoms with van der Waals surface area (Å²) in [5.74, 6) is 0. The summed E-state index contributed by atoms with van der Waals surface area (Å²) < 4.78 is 139. The Bertz CT molecular complexity index is 5900. The molecule has 16 aromatic rings. The van der Waals surface area contributed by atoms with E-state index in [4.69, 9.17) is 13.1 Å². The number of alkyl halides is 9. The predicted molar refractivity (Wildman–Crippen MR) is 372 cm³/mol. The lowest BCUT2D eigenvalue weighted by Gasteiger charge is -2.23. The van der Waals surface area contributed by atoms with Crippen molar-refractivity contribution < 1.29 is 39.5 Å². The predicted octanol–water partition coefficient (Wildman–Crippen LogP) is 24.4. The summed E-state index contributed by atoms with van der Waals surface area (Å²) in [4.78, 5) is 6.80. The molecule has 12 aromatic carbocycles. The zero-order valence-corrected chi connectivity index (χ0v) is 52.5. The van der Waals surface area contributed by atoms with E-state index in [0.717, 1.165) is 124 Å². The van der Waals surface area contributed by atoms with Gasteiger partial charge in [-0.15, -0.1) is 0 Å². The zero-order chi connectivity index (χ0) is 68.4. The van der Waals surface area contributed by atoms with E-state index in [9.17, 15) is 31.6 Å². The van der Waals surface area contributed by atoms with Crippen LogP contribution in [0.25, 0.3) is 142 Å². The van der Waals surface area contributed by atoms with Crippen molar-refractivity contribution in [1.29, 1.82) is 5.26 Å². The summed E-state index contributed by atoms with van der Waals surface area (Å²) in [6.45, 7) is 23.3. The van der Waals surface area contributed by atoms with Crippen molar-refractivity contribution in [3.05, 3.63) is 298 Å². The Balaban J connectivity index is 0.000000160. The average Bonchev–Trinajstić information content (AvgIpc) is 1.49. The van der Waals surface area contributed by atoms with Crippen molar-refractivity contribution in [3.8, 4) is 51.1 Å². The third-order valence-corrected chi connectivity index (χ3v) is 18.3. The van der Waals surface area contributed by atoms with Gasteiger partial charge in [0.05, 0.1) is 97.2 Å². The van der Waals surface area contributed by atoms with Gasteiger partial charge in [-0.25, -0.2) is 9.69 Å². The number of para-hydroxylation sites is 4. The highest BCUT2D eigenvalue weighted by Crippen LogP contribution is 2.50. The van der Waals surface area contributed by atoms with Crippen LogP contribution in [0.2, 0.25) is 0 Å². The number of halogens is 9. The molecule has 4 heterocycles. The lowest BCUT2D eigenvalue weighted by atomic mass is 9.95. The van der Waals surface area contributed by atoms with E-state index in [2.05, 4.69) is 27.9 Å². The maximum atomic E-state index is 15.1. The van der Waals surface area contributed by atoms with E-state index in [1.54, 1.807) is 45.5 Å². The molecule has 16 rings (SSSR count). The summed E-state index contributed by atoms with van der Waals surface area (Å²) in [6.07, 6.45) is -14.3. The minimum absolute atomic E-state index is 0.0261. The molecule has 0 spiro atoms. The lowest BCUT2D eigenvalue weighted by Crippen LogP contribution is -2.11. The fraction of sp³-hybridized carbons (Fsp3) is 0.0854. The second-order valence-electron chi connectivity index (χ2n) is 24.6. The molecule has 476 valence electrons. The van der Waals surface area contributed by atoms with Gasteiger partial charge in [0, 0.05) is 65.3 Å². The van der Waals surface area contributed by atoms with Crippen LogP contribution in [-0.4, -0.2) is 18.3 Å². The Morgan fingerprint density at radius 3 is 0.827 bits per heavy atom. The lowest BCUT2D eigenvalue weighted by molar-refractivity contribution is -0.138. The van der Waals surface area contributed by atoms with Crippen LogP contribution in [0, 0.1) is 52.2 Å². The Morgan fingerprint density at radius 2 is 0.561 bits per heavy atom. The van der Waals surface area contributed by atoms with Crippen molar-refractivity contribution in [2.45, 2.75) is 46.2 Å². The molecule has 0 atom stereocenters. The highest BCUT2D eigenvalue weighted by molar-refractivity contribution is 6.14. The molecule has 0 saturated carbocycles. The summed E-state index contributed by atoms with van der Waals surface area (Å²) in [5, 5.41) is 17.5. The molecule has 0 N–H and O–H groups in total. The summed E-state index contributed by atoms with van der Waals surface area (Å²) in [7, 11) is 0. The summed E-state index contributed by atoms with van der Waals surface area (Å²) in [6, 6.07) is 68.0. The fourth-order valence-electron chi connectivity index (χ4n) is 14.1. The molecule has 16 heteroatoms. The maximum Gasteiger partial charge on any atom is 0.416 e. The van der Waals surface area contributed by atoms with Crippen LogP contribution in [0.5, 0.6) is 0 Å². The van der Waals surface area contributed by atoms with Crippen molar-refractivity contribution >= 4 is 98.6 Å². The second kappa shape index (κ2) is 23.0. The standard InChI is InChI=1S/C41H25F6N3.C41H25F3N4/c1-23-12-14-35-31(16-23)29-8-4-6-10-33(29)49(35)37-21-27(41(45,46)47)22-38(39(37)25-18-26(40(42,43)44)20-28(19-25)48-3)50-34-11-7-5-9-30(34)32-17-24(2)13-15-36(32)50;1-24-12-14-36-32(16-24)30-8-4-6-10-34(30)47(36)38-18-26(23-45)19-39(40(38)27-20-28(41(42,43)44)22-29(21-27)46-3)48-35-11-7-5-9-31(35)33-17-25(2)13-15-37(33)48/h4-22H,1-2H3;4-22H,1-2H3. The first-order valence-corrected chi connectivity index (χ1v) is 31.0. The molecule has 0 unspecified atom stereocenters. The van der Waals surface area contributed by atoms with Gasteiger partial charge in [0.2, 0.25) is 0 Å². The van der Waals surface area contributed by atoms with Gasteiger partial charge >= 0.3 is 18.5 Å². The number of fused-ring (bicyclic) bond motifs is 12. The van der Waals surface area contributed by atoms with Gasteiger partial charge in [-0.2, -0.15) is 44.8 Å². The van der Waals surface area contributed by atoms with Crippen LogP contribution in [0.4, 0.5) is 50.9 Å². The average molecular weight is 1300 g/mol. The van der Waals surface area contributed by atoms with Gasteiger partial charge < -0.3 is 18.3 Å². The molecule has 0 aliphatic rings. The molecular weight excluding hydrogens is 1250 g/mol. The topological polar surface area (TPSA) is 52.2 Å². The molecule has 0 saturated heterocycles. The number of benzene rings is 12. The molecule has 98 heavy (non-hydrogen) atoms. The fourth-order valence-corrected chi connectivity index (χ4v) is 14.1. The van der Waals surface area contributed by atoms with Gasteiger partial charge in [-0.05, 0) is 172 Å². The Kier molecular flexibility index (Phi) is 14.5. The number of nitrogens with zero attached hydrogens (tertiary/aromatic N) is 7. The number of aryl methyl sites for hydroxylation is 4. The molecule has 0 bridgehead atoms. The zero-order valence-electron chi connectivity index (χ0n) is 52.5. The smallest absolute Gasteiger partial charge is 0.309 e. The molecular formula is C82H50F9N7. The molecule has 0 amide bonds. The molecule has 4 aromatic heterocycles. The van der Waals surface area contributed by atoms with Crippen molar-refractivity contribution in [3.63, 3.8) is 0 Å². The van der Waals surface area contributed by atoms with E-state index in [1.165, 1.54) is 12.1 Å². The summed E-state index contributed by atoms with van der Waals surface area (Å²) in [5.41, 5.74) is 8.56. The van der Waals surface area contributed by atoms with Crippen LogP contribution in [0.15, 0.2) is 231 Å². The molecule has 0 aliphatic carbocycles. The molecule has 0 aliphatic heterocycles. The Hall–Kier alpha value is -12.3. The number of hydrogen-bond donors (Lipinski definition) is 0. The van der Waals surface area contributed by atoms with Crippen LogP contribution < -0.4 is 0 Å². The molecule has 7 nitrogen and oxygen atoms in total. The number of hydrogen-bond acceptors (Lipinski definition) is 1. The van der Waals surface area contributed by atoms with Crippen molar-refractivity contribution in [1.82, 2.24) is 18.3 Å². The van der Waals surface area contributed by atoms with E-state index >= 15 is 13.2 Å². The normalized spacial score (nSPS) is 12.1. The van der Waals surface area contributed by atoms with Crippen LogP contribution in [-0.2, 0) is 18.5 Å². The first-order valence-electron chi connectivity index (χ1n) is 31.0.